The Hall–Kier alpha value is -1.75. The second-order valence-electron chi connectivity index (χ2n) is 8.28. The SMILES string of the molecule is COc1cccc(N2CCN([C@H](C)C(=O)N[C@@H]3CCC[C@H](C)[C@H]3C)CC2)c1. The number of benzene rings is 1. The standard InChI is InChI=1S/C22H35N3O2/c1-16-7-5-10-21(17(16)2)23-22(26)18(3)24-11-13-25(14-12-24)19-8-6-9-20(15-19)27-4/h6,8-9,15-18,21H,5,7,10-14H2,1-4H3,(H,23,26)/t16-,17+,18+,21+/m0/s1. The molecule has 1 aliphatic carbocycles. The first kappa shape index (κ1) is 20.0. The van der Waals surface area contributed by atoms with Gasteiger partial charge in [0.25, 0.3) is 0 Å². The molecule has 3 rings (SSSR count). The van der Waals surface area contributed by atoms with Gasteiger partial charge in [-0.05, 0) is 37.3 Å². The predicted molar refractivity (Wildman–Crippen MR) is 110 cm³/mol. The number of amides is 1. The van der Waals surface area contributed by atoms with E-state index in [0.717, 1.165) is 38.3 Å². The van der Waals surface area contributed by atoms with Crippen LogP contribution in [0, 0.1) is 11.8 Å². The zero-order valence-corrected chi connectivity index (χ0v) is 17.3. The van der Waals surface area contributed by atoms with Crippen LogP contribution in [0.25, 0.3) is 0 Å². The second-order valence-corrected chi connectivity index (χ2v) is 8.28. The molecule has 2 aliphatic rings. The highest BCUT2D eigenvalue weighted by Crippen LogP contribution is 2.29. The van der Waals surface area contributed by atoms with Crippen molar-refractivity contribution in [2.75, 3.05) is 38.2 Å². The van der Waals surface area contributed by atoms with Gasteiger partial charge in [-0.2, -0.15) is 0 Å². The number of hydrogen-bond donors (Lipinski definition) is 1. The van der Waals surface area contributed by atoms with Crippen molar-refractivity contribution in [2.24, 2.45) is 11.8 Å². The Kier molecular flexibility index (Phi) is 6.64. The summed E-state index contributed by atoms with van der Waals surface area (Å²) in [5, 5.41) is 3.34. The fourth-order valence-corrected chi connectivity index (χ4v) is 4.43. The first-order valence-corrected chi connectivity index (χ1v) is 10.4. The number of piperazine rings is 1. The predicted octanol–water partition coefficient (Wildman–Crippen LogP) is 3.15. The highest BCUT2D eigenvalue weighted by Gasteiger charge is 2.31. The van der Waals surface area contributed by atoms with Gasteiger partial charge in [-0.3, -0.25) is 9.69 Å². The molecule has 2 fully saturated rings. The van der Waals surface area contributed by atoms with Crippen molar-refractivity contribution in [3.05, 3.63) is 24.3 Å². The van der Waals surface area contributed by atoms with E-state index < -0.39 is 0 Å². The zero-order valence-electron chi connectivity index (χ0n) is 17.3. The summed E-state index contributed by atoms with van der Waals surface area (Å²) in [5.41, 5.74) is 1.19. The minimum Gasteiger partial charge on any atom is -0.497 e. The highest BCUT2D eigenvalue weighted by molar-refractivity contribution is 5.81. The second kappa shape index (κ2) is 8.96. The lowest BCUT2D eigenvalue weighted by Crippen LogP contribution is -2.56. The number of anilines is 1. The Morgan fingerprint density at radius 3 is 2.63 bits per heavy atom. The number of ether oxygens (including phenoxy) is 1. The van der Waals surface area contributed by atoms with Gasteiger partial charge in [0.1, 0.15) is 5.75 Å². The van der Waals surface area contributed by atoms with Crippen molar-refractivity contribution < 1.29 is 9.53 Å². The molecule has 0 bridgehead atoms. The third-order valence-electron chi connectivity index (χ3n) is 6.69. The van der Waals surface area contributed by atoms with E-state index in [1.54, 1.807) is 7.11 Å². The Bertz CT molecular complexity index is 628. The van der Waals surface area contributed by atoms with Gasteiger partial charge in [0.2, 0.25) is 5.91 Å². The van der Waals surface area contributed by atoms with Crippen LogP contribution in [0.5, 0.6) is 5.75 Å². The molecule has 1 amide bonds. The molecule has 1 saturated carbocycles. The summed E-state index contributed by atoms with van der Waals surface area (Å²) in [4.78, 5) is 17.5. The van der Waals surface area contributed by atoms with Gasteiger partial charge in [-0.25, -0.2) is 0 Å². The molecule has 0 radical (unpaired) electrons. The summed E-state index contributed by atoms with van der Waals surface area (Å²) in [6.07, 6.45) is 3.63. The summed E-state index contributed by atoms with van der Waals surface area (Å²) >= 11 is 0. The highest BCUT2D eigenvalue weighted by atomic mass is 16.5. The van der Waals surface area contributed by atoms with Crippen LogP contribution < -0.4 is 15.0 Å². The van der Waals surface area contributed by atoms with Crippen LogP contribution in [-0.4, -0.2) is 56.2 Å². The molecule has 1 aliphatic heterocycles. The van der Waals surface area contributed by atoms with Crippen LogP contribution in [0.2, 0.25) is 0 Å². The minimum atomic E-state index is -0.0677. The summed E-state index contributed by atoms with van der Waals surface area (Å²) < 4.78 is 5.33. The van der Waals surface area contributed by atoms with Crippen molar-refractivity contribution in [3.63, 3.8) is 0 Å². The van der Waals surface area contributed by atoms with Gasteiger partial charge >= 0.3 is 0 Å². The maximum absolute atomic E-state index is 12.8. The lowest BCUT2D eigenvalue weighted by atomic mass is 9.78. The Labute approximate surface area is 164 Å². The first-order valence-electron chi connectivity index (χ1n) is 10.4. The number of rotatable bonds is 5. The van der Waals surface area contributed by atoms with Gasteiger partial charge in [-0.15, -0.1) is 0 Å². The fourth-order valence-electron chi connectivity index (χ4n) is 4.43. The quantitative estimate of drug-likeness (QED) is 0.861. The van der Waals surface area contributed by atoms with Crippen molar-refractivity contribution >= 4 is 11.6 Å². The van der Waals surface area contributed by atoms with Gasteiger partial charge < -0.3 is 15.0 Å². The monoisotopic (exact) mass is 373 g/mol. The van der Waals surface area contributed by atoms with E-state index in [9.17, 15) is 4.79 Å². The lowest BCUT2D eigenvalue weighted by Gasteiger charge is -2.40. The summed E-state index contributed by atoms with van der Waals surface area (Å²) in [7, 11) is 1.70. The number of nitrogens with zero attached hydrogens (tertiary/aromatic N) is 2. The van der Waals surface area contributed by atoms with E-state index in [1.807, 2.05) is 19.1 Å². The van der Waals surface area contributed by atoms with E-state index in [4.69, 9.17) is 4.74 Å². The molecule has 150 valence electrons. The molecule has 27 heavy (non-hydrogen) atoms. The minimum absolute atomic E-state index is 0.0677. The largest absolute Gasteiger partial charge is 0.497 e. The molecule has 0 unspecified atom stereocenters. The topological polar surface area (TPSA) is 44.8 Å². The molecule has 5 nitrogen and oxygen atoms in total. The van der Waals surface area contributed by atoms with E-state index in [-0.39, 0.29) is 11.9 Å². The number of methoxy groups -OCH3 is 1. The molecular formula is C22H35N3O2. The van der Waals surface area contributed by atoms with Crippen LogP contribution in [0.4, 0.5) is 5.69 Å². The van der Waals surface area contributed by atoms with Crippen LogP contribution in [0.15, 0.2) is 24.3 Å². The summed E-state index contributed by atoms with van der Waals surface area (Å²) in [5.74, 6) is 2.35. The number of carbonyl (C=O) groups excluding carboxylic acids is 1. The Morgan fingerprint density at radius 1 is 1.19 bits per heavy atom. The molecule has 1 heterocycles. The van der Waals surface area contributed by atoms with Gasteiger partial charge in [-0.1, -0.05) is 32.8 Å². The average Bonchev–Trinajstić information content (AvgIpc) is 2.71. The zero-order chi connectivity index (χ0) is 19.4. The Morgan fingerprint density at radius 2 is 1.93 bits per heavy atom. The summed E-state index contributed by atoms with van der Waals surface area (Å²) in [6, 6.07) is 8.48. The first-order chi connectivity index (χ1) is 13.0. The summed E-state index contributed by atoms with van der Waals surface area (Å²) in [6.45, 7) is 10.3. The molecule has 1 aromatic carbocycles. The molecule has 1 N–H and O–H groups in total. The van der Waals surface area contributed by atoms with E-state index in [0.29, 0.717) is 17.9 Å². The van der Waals surface area contributed by atoms with Crippen LogP contribution in [-0.2, 0) is 4.79 Å². The van der Waals surface area contributed by atoms with E-state index in [2.05, 4.69) is 41.1 Å². The normalized spacial score (nSPS) is 27.9. The molecule has 4 atom stereocenters. The Balaban J connectivity index is 1.51. The van der Waals surface area contributed by atoms with Gasteiger partial charge in [0.15, 0.2) is 0 Å². The third kappa shape index (κ3) is 4.75. The third-order valence-corrected chi connectivity index (χ3v) is 6.69. The van der Waals surface area contributed by atoms with Crippen molar-refractivity contribution in [1.82, 2.24) is 10.2 Å². The maximum atomic E-state index is 12.8. The molecule has 1 aromatic rings. The maximum Gasteiger partial charge on any atom is 0.237 e. The number of hydrogen-bond acceptors (Lipinski definition) is 4. The van der Waals surface area contributed by atoms with Crippen LogP contribution in [0.3, 0.4) is 0 Å². The van der Waals surface area contributed by atoms with Crippen molar-refractivity contribution in [2.45, 2.75) is 52.1 Å². The molecule has 5 heteroatoms. The fraction of sp³-hybridized carbons (Fsp3) is 0.682. The molecule has 0 spiro atoms. The van der Waals surface area contributed by atoms with Gasteiger partial charge in [0, 0.05) is 44.0 Å². The molecular weight excluding hydrogens is 338 g/mol. The molecule has 1 saturated heterocycles. The van der Waals surface area contributed by atoms with Crippen molar-refractivity contribution in [3.8, 4) is 5.75 Å². The van der Waals surface area contributed by atoms with E-state index in [1.165, 1.54) is 18.5 Å². The number of nitrogens with one attached hydrogen (secondary N) is 1. The van der Waals surface area contributed by atoms with E-state index >= 15 is 0 Å². The van der Waals surface area contributed by atoms with Crippen molar-refractivity contribution in [1.29, 1.82) is 0 Å². The smallest absolute Gasteiger partial charge is 0.237 e. The molecule has 0 aromatic heterocycles. The lowest BCUT2D eigenvalue weighted by molar-refractivity contribution is -0.127. The average molecular weight is 374 g/mol. The van der Waals surface area contributed by atoms with Gasteiger partial charge in [0.05, 0.1) is 13.2 Å². The van der Waals surface area contributed by atoms with Crippen LogP contribution >= 0.6 is 0 Å². The van der Waals surface area contributed by atoms with Crippen LogP contribution in [0.1, 0.15) is 40.0 Å². The number of carbonyl (C=O) groups is 1.